The van der Waals surface area contributed by atoms with Crippen LogP contribution in [0.4, 0.5) is 0 Å². The third-order valence-corrected chi connectivity index (χ3v) is 3.24. The van der Waals surface area contributed by atoms with E-state index in [2.05, 4.69) is 48.4 Å². The molecule has 0 aliphatic rings. The fourth-order valence-electron chi connectivity index (χ4n) is 2.04. The molecule has 114 valence electrons. The second kappa shape index (κ2) is 9.75. The van der Waals surface area contributed by atoms with Crippen LogP contribution in [0.2, 0.25) is 0 Å². The molecule has 1 aromatic carbocycles. The van der Waals surface area contributed by atoms with Crippen molar-refractivity contribution in [1.29, 1.82) is 0 Å². The Morgan fingerprint density at radius 3 is 2.30 bits per heavy atom. The molecule has 0 saturated heterocycles. The smallest absolute Gasteiger partial charge is 0.118 e. The molecule has 0 amide bonds. The molecule has 1 aromatic rings. The highest BCUT2D eigenvalue weighted by Crippen LogP contribution is 2.12. The van der Waals surface area contributed by atoms with E-state index in [0.29, 0.717) is 0 Å². The molecule has 0 saturated carbocycles. The molecule has 1 N–H and O–H groups in total. The van der Waals surface area contributed by atoms with Crippen molar-refractivity contribution in [2.45, 2.75) is 13.0 Å². The summed E-state index contributed by atoms with van der Waals surface area (Å²) in [6.45, 7) is 5.32. The molecule has 0 spiro atoms. The van der Waals surface area contributed by atoms with Crippen LogP contribution < -0.4 is 10.1 Å². The van der Waals surface area contributed by atoms with Crippen LogP contribution in [0.15, 0.2) is 24.3 Å². The molecule has 0 heterocycles. The maximum Gasteiger partial charge on any atom is 0.118 e. The van der Waals surface area contributed by atoms with Crippen LogP contribution in [0.1, 0.15) is 12.0 Å². The average Bonchev–Trinajstić information content (AvgIpc) is 2.43. The number of likely N-dealkylation sites (N-methyl/N-ethyl adjacent to an activating group) is 1. The zero-order valence-electron chi connectivity index (χ0n) is 13.4. The van der Waals surface area contributed by atoms with Gasteiger partial charge < -0.3 is 19.9 Å². The van der Waals surface area contributed by atoms with Gasteiger partial charge in [-0.1, -0.05) is 12.1 Å². The van der Waals surface area contributed by atoms with Gasteiger partial charge >= 0.3 is 0 Å². The Hall–Kier alpha value is -1.10. The van der Waals surface area contributed by atoms with Gasteiger partial charge in [0.25, 0.3) is 0 Å². The first kappa shape index (κ1) is 17.0. The van der Waals surface area contributed by atoms with Crippen LogP contribution in [0, 0.1) is 0 Å². The molecule has 0 radical (unpaired) electrons. The summed E-state index contributed by atoms with van der Waals surface area (Å²) in [6, 6.07) is 8.28. The molecule has 4 nitrogen and oxygen atoms in total. The molecule has 4 heteroatoms. The van der Waals surface area contributed by atoms with E-state index < -0.39 is 0 Å². The summed E-state index contributed by atoms with van der Waals surface area (Å²) >= 11 is 0. The van der Waals surface area contributed by atoms with Gasteiger partial charge in [-0.15, -0.1) is 0 Å². The summed E-state index contributed by atoms with van der Waals surface area (Å²) in [5.41, 5.74) is 1.32. The van der Waals surface area contributed by atoms with Gasteiger partial charge in [0.05, 0.1) is 7.11 Å². The molecule has 0 aliphatic heterocycles. The lowest BCUT2D eigenvalue weighted by Crippen LogP contribution is -2.30. The molecule has 0 bridgehead atoms. The van der Waals surface area contributed by atoms with Crippen LogP contribution >= 0.6 is 0 Å². The Morgan fingerprint density at radius 1 is 1.00 bits per heavy atom. The van der Waals surface area contributed by atoms with Crippen molar-refractivity contribution >= 4 is 0 Å². The minimum atomic E-state index is 0.916. The van der Waals surface area contributed by atoms with Gasteiger partial charge in [-0.05, 0) is 58.3 Å². The third-order valence-electron chi connectivity index (χ3n) is 3.24. The summed E-state index contributed by atoms with van der Waals surface area (Å²) in [6.07, 6.45) is 1.20. The van der Waals surface area contributed by atoms with Gasteiger partial charge in [0.2, 0.25) is 0 Å². The summed E-state index contributed by atoms with van der Waals surface area (Å²) < 4.78 is 5.17. The second-order valence-electron chi connectivity index (χ2n) is 5.49. The van der Waals surface area contributed by atoms with Crippen LogP contribution in [0.25, 0.3) is 0 Å². The van der Waals surface area contributed by atoms with Crippen LogP contribution in [-0.4, -0.2) is 64.2 Å². The Kier molecular flexibility index (Phi) is 8.26. The molecule has 0 unspecified atom stereocenters. The number of hydrogen-bond acceptors (Lipinski definition) is 4. The maximum atomic E-state index is 5.17. The Balaban J connectivity index is 2.11. The summed E-state index contributed by atoms with van der Waals surface area (Å²) in [4.78, 5) is 4.55. The van der Waals surface area contributed by atoms with Gasteiger partial charge in [0.1, 0.15) is 5.75 Å². The average molecular weight is 279 g/mol. The highest BCUT2D eigenvalue weighted by molar-refractivity contribution is 5.26. The lowest BCUT2D eigenvalue weighted by atomic mass is 10.2. The summed E-state index contributed by atoms with van der Waals surface area (Å²) in [5, 5.41) is 3.49. The quantitative estimate of drug-likeness (QED) is 0.659. The van der Waals surface area contributed by atoms with Crippen molar-refractivity contribution in [3.8, 4) is 5.75 Å². The Morgan fingerprint density at radius 2 is 1.70 bits per heavy atom. The summed E-state index contributed by atoms with van der Waals surface area (Å²) in [7, 11) is 8.08. The van der Waals surface area contributed by atoms with E-state index >= 15 is 0 Å². The van der Waals surface area contributed by atoms with Crippen molar-refractivity contribution in [3.05, 3.63) is 29.8 Å². The highest BCUT2D eigenvalue weighted by atomic mass is 16.5. The molecular formula is C16H29N3O. The number of nitrogens with zero attached hydrogens (tertiary/aromatic N) is 2. The zero-order valence-corrected chi connectivity index (χ0v) is 13.4. The number of methoxy groups -OCH3 is 1. The second-order valence-corrected chi connectivity index (χ2v) is 5.49. The molecule has 20 heavy (non-hydrogen) atoms. The van der Waals surface area contributed by atoms with E-state index in [0.717, 1.165) is 38.5 Å². The van der Waals surface area contributed by atoms with Crippen molar-refractivity contribution in [2.75, 3.05) is 54.4 Å². The van der Waals surface area contributed by atoms with Crippen molar-refractivity contribution in [3.63, 3.8) is 0 Å². The van der Waals surface area contributed by atoms with Crippen LogP contribution in [0.3, 0.4) is 0 Å². The molecule has 1 rings (SSSR count). The maximum absolute atomic E-state index is 5.17. The minimum absolute atomic E-state index is 0.916. The van der Waals surface area contributed by atoms with E-state index in [1.165, 1.54) is 12.0 Å². The Bertz CT molecular complexity index is 351. The van der Waals surface area contributed by atoms with E-state index in [1.807, 2.05) is 12.1 Å². The molecule has 0 atom stereocenters. The summed E-state index contributed by atoms with van der Waals surface area (Å²) in [5.74, 6) is 0.916. The minimum Gasteiger partial charge on any atom is -0.497 e. The number of ether oxygens (including phenoxy) is 1. The van der Waals surface area contributed by atoms with Crippen LogP contribution in [0.5, 0.6) is 5.75 Å². The van der Waals surface area contributed by atoms with Crippen molar-refractivity contribution < 1.29 is 4.74 Å². The predicted octanol–water partition coefficient (Wildman–Crippen LogP) is 1.67. The number of nitrogens with one attached hydrogen (secondary N) is 1. The van der Waals surface area contributed by atoms with E-state index in [9.17, 15) is 0 Å². The van der Waals surface area contributed by atoms with Gasteiger partial charge in [0.15, 0.2) is 0 Å². The molecule has 0 aromatic heterocycles. The van der Waals surface area contributed by atoms with E-state index in [4.69, 9.17) is 4.74 Å². The van der Waals surface area contributed by atoms with Gasteiger partial charge in [-0.2, -0.15) is 0 Å². The first-order valence-corrected chi connectivity index (χ1v) is 7.28. The van der Waals surface area contributed by atoms with E-state index in [-0.39, 0.29) is 0 Å². The standard InChI is InChI=1S/C16H29N3O/c1-18(2)12-5-10-17-11-13-19(3)14-15-6-8-16(20-4)9-7-15/h6-9,17H,5,10-14H2,1-4H3. The van der Waals surface area contributed by atoms with Gasteiger partial charge in [-0.25, -0.2) is 0 Å². The lowest BCUT2D eigenvalue weighted by Gasteiger charge is -2.17. The third kappa shape index (κ3) is 7.48. The van der Waals surface area contributed by atoms with Crippen molar-refractivity contribution in [1.82, 2.24) is 15.1 Å². The molecule has 0 fully saturated rings. The lowest BCUT2D eigenvalue weighted by molar-refractivity contribution is 0.321. The zero-order chi connectivity index (χ0) is 14.8. The molecule has 0 aliphatic carbocycles. The fraction of sp³-hybridized carbons (Fsp3) is 0.625. The molecular weight excluding hydrogens is 250 g/mol. The van der Waals surface area contributed by atoms with Crippen LogP contribution in [-0.2, 0) is 6.54 Å². The first-order valence-electron chi connectivity index (χ1n) is 7.28. The van der Waals surface area contributed by atoms with Gasteiger partial charge in [-0.3, -0.25) is 0 Å². The first-order chi connectivity index (χ1) is 9.61. The monoisotopic (exact) mass is 279 g/mol. The highest BCUT2D eigenvalue weighted by Gasteiger charge is 2.00. The number of rotatable bonds is 10. The number of benzene rings is 1. The fourth-order valence-corrected chi connectivity index (χ4v) is 2.04. The van der Waals surface area contributed by atoms with E-state index in [1.54, 1.807) is 7.11 Å². The number of hydrogen-bond donors (Lipinski definition) is 1. The van der Waals surface area contributed by atoms with Crippen molar-refractivity contribution in [2.24, 2.45) is 0 Å². The predicted molar refractivity (Wildman–Crippen MR) is 85.4 cm³/mol. The Labute approximate surface area is 123 Å². The SMILES string of the molecule is COc1ccc(CN(C)CCNCCCN(C)C)cc1. The topological polar surface area (TPSA) is 27.7 Å². The largest absolute Gasteiger partial charge is 0.497 e. The van der Waals surface area contributed by atoms with Gasteiger partial charge in [0, 0.05) is 19.6 Å². The normalized spacial score (nSPS) is 11.3.